The average molecular weight is 621 g/mol. The van der Waals surface area contributed by atoms with Gasteiger partial charge >= 0.3 is 0 Å². The van der Waals surface area contributed by atoms with E-state index >= 15 is 0 Å². The summed E-state index contributed by atoms with van der Waals surface area (Å²) in [5.74, 6) is -0.113. The lowest BCUT2D eigenvalue weighted by atomic mass is 10.1. The maximum Gasteiger partial charge on any atom is 0.242 e. The van der Waals surface area contributed by atoms with E-state index < -0.39 is 16.1 Å². The fourth-order valence-corrected chi connectivity index (χ4v) is 5.75. The lowest BCUT2D eigenvalue weighted by molar-refractivity contribution is -0.141. The van der Waals surface area contributed by atoms with Gasteiger partial charge in [-0.1, -0.05) is 61.1 Å². The van der Waals surface area contributed by atoms with Gasteiger partial charge in [-0.25, -0.2) is 8.42 Å². The van der Waals surface area contributed by atoms with E-state index in [0.29, 0.717) is 40.0 Å². The second-order valence-electron chi connectivity index (χ2n) is 9.08. The first-order valence-corrected chi connectivity index (χ1v) is 15.7. The molecule has 0 aliphatic carbocycles. The van der Waals surface area contributed by atoms with E-state index in [1.54, 1.807) is 30.3 Å². The molecule has 0 aliphatic heterocycles. The Morgan fingerprint density at radius 1 is 1.03 bits per heavy atom. The summed E-state index contributed by atoms with van der Waals surface area (Å²) in [6.45, 7) is 4.54. The van der Waals surface area contributed by atoms with Gasteiger partial charge in [0.15, 0.2) is 0 Å². The molecule has 39 heavy (non-hydrogen) atoms. The van der Waals surface area contributed by atoms with Crippen LogP contribution in [0.25, 0.3) is 0 Å². The van der Waals surface area contributed by atoms with E-state index in [0.717, 1.165) is 19.1 Å². The molecule has 8 nitrogen and oxygen atoms in total. The number of nitrogens with zero attached hydrogens (tertiary/aromatic N) is 2. The second-order valence-corrected chi connectivity index (χ2v) is 12.2. The number of benzene rings is 2. The molecule has 0 radical (unpaired) electrons. The summed E-state index contributed by atoms with van der Waals surface area (Å²) in [5, 5.41) is 4.04. The number of sulfonamides is 1. The zero-order valence-corrected chi connectivity index (χ0v) is 25.8. The molecule has 216 valence electrons. The third-order valence-electron chi connectivity index (χ3n) is 6.15. The van der Waals surface area contributed by atoms with Gasteiger partial charge in [0.05, 0.1) is 24.1 Å². The standard InChI is InChI=1S/C27H36Cl3N3O5S/c1-5-7-14-31-27(35)24(6-2)32(18-19-10-11-20(28)16-22(19)29)26(34)9-8-15-33(39(4,36)37)21-12-13-25(38-3)23(30)17-21/h10-13,16-17,24H,5-9,14-15,18H2,1-4H3,(H,31,35). The first-order chi connectivity index (χ1) is 18.4. The Morgan fingerprint density at radius 2 is 1.74 bits per heavy atom. The van der Waals surface area contributed by atoms with Crippen LogP contribution in [0.4, 0.5) is 5.69 Å². The number of rotatable bonds is 15. The molecule has 1 N–H and O–H groups in total. The number of unbranched alkanes of at least 4 members (excludes halogenated alkanes) is 1. The molecule has 1 atom stereocenters. The fraction of sp³-hybridized carbons (Fsp3) is 0.481. The Bertz CT molecular complexity index is 1240. The maximum atomic E-state index is 13.5. The Kier molecular flexibility index (Phi) is 13.2. The molecule has 2 amide bonds. The van der Waals surface area contributed by atoms with Gasteiger partial charge in [-0.2, -0.15) is 0 Å². The Labute approximate surface area is 246 Å². The highest BCUT2D eigenvalue weighted by Gasteiger charge is 2.29. The molecule has 0 fully saturated rings. The molecule has 0 aromatic heterocycles. The summed E-state index contributed by atoms with van der Waals surface area (Å²) < 4.78 is 31.5. The zero-order valence-electron chi connectivity index (χ0n) is 22.7. The Morgan fingerprint density at radius 3 is 2.31 bits per heavy atom. The highest BCUT2D eigenvalue weighted by Crippen LogP contribution is 2.30. The molecular formula is C27H36Cl3N3O5S. The number of ether oxygens (including phenoxy) is 1. The first kappa shape index (κ1) is 33.0. The molecule has 12 heteroatoms. The Balaban J connectivity index is 2.25. The van der Waals surface area contributed by atoms with Crippen molar-refractivity contribution >= 4 is 62.3 Å². The van der Waals surface area contributed by atoms with E-state index in [2.05, 4.69) is 5.32 Å². The van der Waals surface area contributed by atoms with Gasteiger partial charge < -0.3 is 15.0 Å². The minimum Gasteiger partial charge on any atom is -0.495 e. The topological polar surface area (TPSA) is 96.0 Å². The highest BCUT2D eigenvalue weighted by molar-refractivity contribution is 7.92. The lowest BCUT2D eigenvalue weighted by Crippen LogP contribution is -2.49. The smallest absolute Gasteiger partial charge is 0.242 e. The van der Waals surface area contributed by atoms with Crippen molar-refractivity contribution in [1.82, 2.24) is 10.2 Å². The maximum absolute atomic E-state index is 13.5. The number of hydrogen-bond donors (Lipinski definition) is 1. The average Bonchev–Trinajstić information content (AvgIpc) is 2.87. The molecule has 0 aliphatic rings. The van der Waals surface area contributed by atoms with Crippen LogP contribution in [0.5, 0.6) is 5.75 Å². The summed E-state index contributed by atoms with van der Waals surface area (Å²) in [7, 11) is -2.19. The van der Waals surface area contributed by atoms with E-state index in [9.17, 15) is 18.0 Å². The number of anilines is 1. The van der Waals surface area contributed by atoms with Crippen molar-refractivity contribution in [2.75, 3.05) is 30.8 Å². The van der Waals surface area contributed by atoms with Crippen LogP contribution in [-0.2, 0) is 26.2 Å². The normalized spacial score (nSPS) is 12.1. The number of carbonyl (C=O) groups excluding carboxylic acids is 2. The fourth-order valence-electron chi connectivity index (χ4n) is 4.07. The molecule has 0 bridgehead atoms. The van der Waals surface area contributed by atoms with Crippen LogP contribution >= 0.6 is 34.8 Å². The summed E-state index contributed by atoms with van der Waals surface area (Å²) in [6.07, 6.45) is 3.48. The molecule has 2 aromatic carbocycles. The lowest BCUT2D eigenvalue weighted by Gasteiger charge is -2.31. The van der Waals surface area contributed by atoms with Gasteiger partial charge in [-0.3, -0.25) is 13.9 Å². The van der Waals surface area contributed by atoms with E-state index in [1.807, 2.05) is 13.8 Å². The van der Waals surface area contributed by atoms with Crippen LogP contribution in [-0.4, -0.2) is 57.6 Å². The molecule has 2 aromatic rings. The molecule has 0 spiro atoms. The number of hydrogen-bond acceptors (Lipinski definition) is 5. The number of amides is 2. The van der Waals surface area contributed by atoms with Crippen molar-refractivity contribution in [1.29, 1.82) is 0 Å². The van der Waals surface area contributed by atoms with Crippen LogP contribution in [0.2, 0.25) is 15.1 Å². The van der Waals surface area contributed by atoms with Crippen molar-refractivity contribution in [3.05, 3.63) is 57.0 Å². The van der Waals surface area contributed by atoms with Gasteiger partial charge in [-0.15, -0.1) is 0 Å². The van der Waals surface area contributed by atoms with Crippen LogP contribution in [0.3, 0.4) is 0 Å². The van der Waals surface area contributed by atoms with Crippen molar-refractivity contribution in [3.63, 3.8) is 0 Å². The second kappa shape index (κ2) is 15.6. The van der Waals surface area contributed by atoms with Crippen molar-refractivity contribution in [3.8, 4) is 5.75 Å². The molecule has 0 saturated heterocycles. The zero-order chi connectivity index (χ0) is 29.2. The van der Waals surface area contributed by atoms with Gasteiger partial charge in [-0.05, 0) is 55.2 Å². The molecule has 1 unspecified atom stereocenters. The van der Waals surface area contributed by atoms with Crippen molar-refractivity contribution in [2.24, 2.45) is 0 Å². The highest BCUT2D eigenvalue weighted by atomic mass is 35.5. The first-order valence-electron chi connectivity index (χ1n) is 12.7. The minimum absolute atomic E-state index is 0.0137. The largest absolute Gasteiger partial charge is 0.495 e. The molecule has 2 rings (SSSR count). The van der Waals surface area contributed by atoms with Crippen molar-refractivity contribution in [2.45, 2.75) is 58.5 Å². The van der Waals surface area contributed by atoms with Crippen LogP contribution < -0.4 is 14.4 Å². The monoisotopic (exact) mass is 619 g/mol. The van der Waals surface area contributed by atoms with Crippen LogP contribution in [0, 0.1) is 0 Å². The van der Waals surface area contributed by atoms with Gasteiger partial charge in [0.2, 0.25) is 21.8 Å². The summed E-state index contributed by atoms with van der Waals surface area (Å²) in [4.78, 5) is 28.1. The molecule has 0 saturated carbocycles. The predicted octanol–water partition coefficient (Wildman–Crippen LogP) is 5.93. The summed E-state index contributed by atoms with van der Waals surface area (Å²) in [5.41, 5.74) is 1.02. The number of methoxy groups -OCH3 is 1. The van der Waals surface area contributed by atoms with E-state index in [-0.39, 0.29) is 42.8 Å². The minimum atomic E-state index is -3.66. The third kappa shape index (κ3) is 9.74. The summed E-state index contributed by atoms with van der Waals surface area (Å²) in [6, 6.07) is 8.97. The van der Waals surface area contributed by atoms with Gasteiger partial charge in [0, 0.05) is 36.1 Å². The number of nitrogens with one attached hydrogen (secondary N) is 1. The number of halogens is 3. The van der Waals surface area contributed by atoms with Crippen LogP contribution in [0.15, 0.2) is 36.4 Å². The van der Waals surface area contributed by atoms with Gasteiger partial charge in [0.25, 0.3) is 0 Å². The predicted molar refractivity (Wildman–Crippen MR) is 158 cm³/mol. The summed E-state index contributed by atoms with van der Waals surface area (Å²) >= 11 is 18.6. The molecule has 0 heterocycles. The van der Waals surface area contributed by atoms with Gasteiger partial charge in [0.1, 0.15) is 11.8 Å². The number of carbonyl (C=O) groups is 2. The third-order valence-corrected chi connectivity index (χ3v) is 8.22. The quantitative estimate of drug-likeness (QED) is 0.249. The SMILES string of the molecule is CCCCNC(=O)C(CC)N(Cc1ccc(Cl)cc1Cl)C(=O)CCCN(c1ccc(OC)c(Cl)c1)S(C)(=O)=O. The van der Waals surface area contributed by atoms with E-state index in [1.165, 1.54) is 22.4 Å². The Hall–Kier alpha value is -2.20. The van der Waals surface area contributed by atoms with Crippen molar-refractivity contribution < 1.29 is 22.7 Å². The van der Waals surface area contributed by atoms with E-state index in [4.69, 9.17) is 39.5 Å². The molecular weight excluding hydrogens is 585 g/mol. The van der Waals surface area contributed by atoms with Crippen LogP contribution in [0.1, 0.15) is 51.5 Å².